The van der Waals surface area contributed by atoms with Crippen LogP contribution in [0.4, 0.5) is 0 Å². The van der Waals surface area contributed by atoms with Crippen LogP contribution in [0.1, 0.15) is 128 Å². The summed E-state index contributed by atoms with van der Waals surface area (Å²) in [5.74, 6) is 4.06. The molecule has 2 aromatic rings. The van der Waals surface area contributed by atoms with Crippen molar-refractivity contribution in [2.45, 2.75) is 128 Å². The maximum absolute atomic E-state index is 2.50. The van der Waals surface area contributed by atoms with Crippen molar-refractivity contribution >= 4 is 0 Å². The minimum Gasteiger partial charge on any atom is -0.0625 e. The molecule has 0 bridgehead atoms. The van der Waals surface area contributed by atoms with Gasteiger partial charge in [0.2, 0.25) is 0 Å². The van der Waals surface area contributed by atoms with Gasteiger partial charge >= 0.3 is 0 Å². The molecule has 0 aliphatic heterocycles. The summed E-state index contributed by atoms with van der Waals surface area (Å²) in [5, 5.41) is 0. The second-order valence-electron chi connectivity index (χ2n) is 14.4. The van der Waals surface area contributed by atoms with E-state index in [2.05, 4.69) is 107 Å². The Morgan fingerprint density at radius 1 is 0.324 bits per heavy atom. The SMILES string of the molecule is CC(C)Cc1ccc(Cc2ccc(CC(C)C)c(CC(C)C)c2CC(C)C)c(CC(C)C)c1CC(C)C. The smallest absolute Gasteiger partial charge is 0.00201 e. The Balaban J connectivity index is 2.73. The fourth-order valence-corrected chi connectivity index (χ4v) is 6.03. The molecule has 0 saturated carbocycles. The summed E-state index contributed by atoms with van der Waals surface area (Å²) in [7, 11) is 0. The van der Waals surface area contributed by atoms with E-state index >= 15 is 0 Å². The van der Waals surface area contributed by atoms with Gasteiger partial charge in [-0.1, -0.05) is 107 Å². The molecule has 0 nitrogen and oxygen atoms in total. The predicted octanol–water partition coefficient (Wildman–Crippen LogP) is 10.5. The lowest BCUT2D eigenvalue weighted by Gasteiger charge is -2.25. The molecule has 0 aliphatic rings. The summed E-state index contributed by atoms with van der Waals surface area (Å²) in [6.45, 7) is 28.6. The Kier molecular flexibility index (Phi) is 12.5. The summed E-state index contributed by atoms with van der Waals surface area (Å²) >= 11 is 0. The van der Waals surface area contributed by atoms with Gasteiger partial charge in [0.25, 0.3) is 0 Å². The Morgan fingerprint density at radius 3 is 0.784 bits per heavy atom. The lowest BCUT2D eigenvalue weighted by atomic mass is 9.80. The highest BCUT2D eigenvalue weighted by molar-refractivity contribution is 5.48. The molecule has 0 fully saturated rings. The molecular weight excluding hydrogens is 444 g/mol. The van der Waals surface area contributed by atoms with Gasteiger partial charge in [-0.05, 0) is 125 Å². The zero-order valence-electron chi connectivity index (χ0n) is 26.7. The highest BCUT2D eigenvalue weighted by Gasteiger charge is 2.20. The third kappa shape index (κ3) is 9.92. The normalized spacial score (nSPS) is 12.4. The maximum Gasteiger partial charge on any atom is -0.00201 e. The first-order chi connectivity index (χ1) is 17.3. The van der Waals surface area contributed by atoms with Gasteiger partial charge < -0.3 is 0 Å². The van der Waals surface area contributed by atoms with E-state index in [4.69, 9.17) is 0 Å². The molecule has 0 N–H and O–H groups in total. The molecule has 0 amide bonds. The highest BCUT2D eigenvalue weighted by atomic mass is 14.3. The molecule has 0 radical (unpaired) electrons. The second kappa shape index (κ2) is 14.6. The summed E-state index contributed by atoms with van der Waals surface area (Å²) in [6.07, 6.45) is 8.22. The van der Waals surface area contributed by atoms with Crippen molar-refractivity contribution in [3.63, 3.8) is 0 Å². The molecule has 0 saturated heterocycles. The van der Waals surface area contributed by atoms with Crippen molar-refractivity contribution < 1.29 is 0 Å². The predicted molar refractivity (Wildman–Crippen MR) is 167 cm³/mol. The van der Waals surface area contributed by atoms with Crippen molar-refractivity contribution in [1.82, 2.24) is 0 Å². The van der Waals surface area contributed by atoms with Gasteiger partial charge in [0, 0.05) is 0 Å². The van der Waals surface area contributed by atoms with Gasteiger partial charge in [0.05, 0.1) is 0 Å². The minimum absolute atomic E-state index is 0.666. The number of benzene rings is 2. The van der Waals surface area contributed by atoms with Gasteiger partial charge in [-0.3, -0.25) is 0 Å². The number of hydrogen-bond acceptors (Lipinski definition) is 0. The first-order valence-electron chi connectivity index (χ1n) is 15.5. The fraction of sp³-hybridized carbons (Fsp3) is 0.676. The summed E-state index contributed by atoms with van der Waals surface area (Å²) in [5.41, 5.74) is 13.0. The number of rotatable bonds is 14. The van der Waals surface area contributed by atoms with E-state index in [1.54, 1.807) is 44.5 Å². The fourth-order valence-electron chi connectivity index (χ4n) is 6.03. The van der Waals surface area contributed by atoms with E-state index in [1.165, 1.54) is 38.5 Å². The molecular formula is C37H60. The zero-order chi connectivity index (χ0) is 27.9. The molecule has 0 unspecified atom stereocenters. The van der Waals surface area contributed by atoms with Crippen LogP contribution in [0.15, 0.2) is 24.3 Å². The Hall–Kier alpha value is -1.56. The third-order valence-electron chi connectivity index (χ3n) is 7.34. The van der Waals surface area contributed by atoms with Gasteiger partial charge in [-0.2, -0.15) is 0 Å². The molecule has 0 aliphatic carbocycles. The molecule has 0 atom stereocenters. The van der Waals surface area contributed by atoms with Crippen molar-refractivity contribution in [2.24, 2.45) is 35.5 Å². The van der Waals surface area contributed by atoms with Crippen molar-refractivity contribution in [3.05, 3.63) is 68.8 Å². The van der Waals surface area contributed by atoms with Gasteiger partial charge in [0.15, 0.2) is 0 Å². The molecule has 0 spiro atoms. The standard InChI is InChI=1S/C37H60/c1-24(2)17-30-13-15-32(36(21-28(9)10)34(30)19-26(5)6)23-33-16-14-31(18-25(3)4)35(20-27(7)8)37(33)22-29(11)12/h13-16,24-29H,17-23H2,1-12H3. The van der Waals surface area contributed by atoms with Gasteiger partial charge in [-0.15, -0.1) is 0 Å². The van der Waals surface area contributed by atoms with Crippen LogP contribution in [0.2, 0.25) is 0 Å². The number of hydrogen-bond donors (Lipinski definition) is 0. The Morgan fingerprint density at radius 2 is 0.541 bits per heavy atom. The quantitative estimate of drug-likeness (QED) is 0.240. The van der Waals surface area contributed by atoms with E-state index in [1.807, 2.05) is 0 Å². The van der Waals surface area contributed by atoms with E-state index in [-0.39, 0.29) is 0 Å². The van der Waals surface area contributed by atoms with E-state index in [0.29, 0.717) is 35.5 Å². The minimum atomic E-state index is 0.666. The van der Waals surface area contributed by atoms with E-state index in [9.17, 15) is 0 Å². The van der Waals surface area contributed by atoms with Crippen LogP contribution in [-0.4, -0.2) is 0 Å². The third-order valence-corrected chi connectivity index (χ3v) is 7.34. The van der Waals surface area contributed by atoms with Crippen LogP contribution >= 0.6 is 0 Å². The largest absolute Gasteiger partial charge is 0.0625 e. The van der Waals surface area contributed by atoms with Crippen LogP contribution in [0.25, 0.3) is 0 Å². The van der Waals surface area contributed by atoms with E-state index in [0.717, 1.165) is 6.42 Å². The Labute approximate surface area is 232 Å². The summed E-state index contributed by atoms with van der Waals surface area (Å²) < 4.78 is 0. The molecule has 0 heteroatoms. The average molecular weight is 505 g/mol. The van der Waals surface area contributed by atoms with Crippen LogP contribution in [0, 0.1) is 35.5 Å². The van der Waals surface area contributed by atoms with Gasteiger partial charge in [-0.25, -0.2) is 0 Å². The van der Waals surface area contributed by atoms with Gasteiger partial charge in [0.1, 0.15) is 0 Å². The van der Waals surface area contributed by atoms with Crippen LogP contribution < -0.4 is 0 Å². The molecule has 0 aromatic heterocycles. The topological polar surface area (TPSA) is 0 Å². The van der Waals surface area contributed by atoms with Crippen LogP contribution in [0.3, 0.4) is 0 Å². The van der Waals surface area contributed by atoms with Crippen LogP contribution in [0.5, 0.6) is 0 Å². The zero-order valence-corrected chi connectivity index (χ0v) is 26.7. The average Bonchev–Trinajstić information content (AvgIpc) is 2.74. The van der Waals surface area contributed by atoms with Crippen molar-refractivity contribution in [2.75, 3.05) is 0 Å². The molecule has 2 aromatic carbocycles. The summed E-state index contributed by atoms with van der Waals surface area (Å²) in [4.78, 5) is 0. The maximum atomic E-state index is 2.50. The summed E-state index contributed by atoms with van der Waals surface area (Å²) in [6, 6.07) is 9.98. The molecule has 2 rings (SSSR count). The Bertz CT molecular complexity index is 889. The lowest BCUT2D eigenvalue weighted by Crippen LogP contribution is -2.14. The van der Waals surface area contributed by atoms with Crippen LogP contribution in [-0.2, 0) is 44.9 Å². The first-order valence-corrected chi connectivity index (χ1v) is 15.5. The molecule has 208 valence electrons. The highest BCUT2D eigenvalue weighted by Crippen LogP contribution is 2.32. The molecule has 0 heterocycles. The van der Waals surface area contributed by atoms with E-state index < -0.39 is 0 Å². The van der Waals surface area contributed by atoms with Crippen molar-refractivity contribution in [1.29, 1.82) is 0 Å². The molecule has 37 heavy (non-hydrogen) atoms. The second-order valence-corrected chi connectivity index (χ2v) is 14.4. The monoisotopic (exact) mass is 504 g/mol. The lowest BCUT2D eigenvalue weighted by molar-refractivity contribution is 0.591. The first kappa shape index (κ1) is 31.7. The van der Waals surface area contributed by atoms with Crippen molar-refractivity contribution in [3.8, 4) is 0 Å².